The van der Waals surface area contributed by atoms with Gasteiger partial charge < -0.3 is 15.2 Å². The number of nitrogen functional groups attached to an aromatic ring is 1. The molecule has 0 spiro atoms. The van der Waals surface area contributed by atoms with Crippen LogP contribution in [-0.4, -0.2) is 29.8 Å². The fourth-order valence-electron chi connectivity index (χ4n) is 1.12. The van der Waals surface area contributed by atoms with Gasteiger partial charge in [-0.1, -0.05) is 0 Å². The predicted molar refractivity (Wildman–Crippen MR) is 53.4 cm³/mol. The third-order valence-corrected chi connectivity index (χ3v) is 1.73. The summed E-state index contributed by atoms with van der Waals surface area (Å²) in [7, 11) is 1.45. The lowest BCUT2D eigenvalue weighted by Crippen LogP contribution is -2.20. The summed E-state index contributed by atoms with van der Waals surface area (Å²) in [4.78, 5) is 6.65. The minimum Gasteiger partial charge on any atom is -0.472 e. The van der Waals surface area contributed by atoms with E-state index in [4.69, 9.17) is 15.2 Å². The third kappa shape index (κ3) is 4.06. The summed E-state index contributed by atoms with van der Waals surface area (Å²) in [6.45, 7) is 1.86. The topological polar surface area (TPSA) is 70.3 Å². The van der Waals surface area contributed by atoms with Gasteiger partial charge in [0.1, 0.15) is 6.10 Å². The van der Waals surface area contributed by atoms with Gasteiger partial charge in [0.05, 0.1) is 6.61 Å². The van der Waals surface area contributed by atoms with E-state index in [9.17, 15) is 13.2 Å². The van der Waals surface area contributed by atoms with Crippen LogP contribution < -0.4 is 10.5 Å². The quantitative estimate of drug-likeness (QED) is 0.877. The summed E-state index contributed by atoms with van der Waals surface area (Å²) < 4.78 is 47.1. The second kappa shape index (κ2) is 5.17. The van der Waals surface area contributed by atoms with Crippen LogP contribution in [0.4, 0.5) is 19.1 Å². The van der Waals surface area contributed by atoms with Gasteiger partial charge in [-0.2, -0.15) is 18.2 Å². The lowest BCUT2D eigenvalue weighted by molar-refractivity contribution is -0.141. The molecule has 8 heteroatoms. The number of nitrogens with zero attached hydrogens (tertiary/aromatic N) is 2. The van der Waals surface area contributed by atoms with Crippen LogP contribution in [0.15, 0.2) is 6.07 Å². The highest BCUT2D eigenvalue weighted by Gasteiger charge is 2.33. The largest absolute Gasteiger partial charge is 0.472 e. The molecule has 0 bridgehead atoms. The Morgan fingerprint density at radius 2 is 2.06 bits per heavy atom. The van der Waals surface area contributed by atoms with Gasteiger partial charge >= 0.3 is 6.18 Å². The monoisotopic (exact) mass is 251 g/mol. The van der Waals surface area contributed by atoms with Crippen LogP contribution >= 0.6 is 0 Å². The molecule has 0 aromatic carbocycles. The maximum Gasteiger partial charge on any atom is 0.433 e. The van der Waals surface area contributed by atoms with E-state index in [0.29, 0.717) is 6.07 Å². The number of hydrogen-bond donors (Lipinski definition) is 1. The molecule has 1 aromatic rings. The second-order valence-electron chi connectivity index (χ2n) is 3.33. The molecule has 0 aliphatic heterocycles. The first-order valence-electron chi connectivity index (χ1n) is 4.70. The zero-order chi connectivity index (χ0) is 13.1. The van der Waals surface area contributed by atoms with Crippen molar-refractivity contribution in [3.05, 3.63) is 11.8 Å². The Kier molecular flexibility index (Phi) is 4.11. The molecule has 96 valence electrons. The number of nitrogens with two attached hydrogens (primary N) is 1. The van der Waals surface area contributed by atoms with Crippen molar-refractivity contribution in [1.82, 2.24) is 9.97 Å². The second-order valence-corrected chi connectivity index (χ2v) is 3.33. The fourth-order valence-corrected chi connectivity index (χ4v) is 1.12. The van der Waals surface area contributed by atoms with Crippen molar-refractivity contribution in [2.45, 2.75) is 19.2 Å². The third-order valence-electron chi connectivity index (χ3n) is 1.73. The summed E-state index contributed by atoms with van der Waals surface area (Å²) in [6.07, 6.45) is -5.02. The highest BCUT2D eigenvalue weighted by atomic mass is 19.4. The molecular formula is C9H12F3N3O2. The first kappa shape index (κ1) is 13.5. The molecule has 1 rings (SSSR count). The van der Waals surface area contributed by atoms with Crippen molar-refractivity contribution in [3.63, 3.8) is 0 Å². The minimum absolute atomic E-state index is 0.227. The number of aromatic nitrogens is 2. The molecule has 5 nitrogen and oxygen atoms in total. The number of methoxy groups -OCH3 is 1. The highest BCUT2D eigenvalue weighted by molar-refractivity contribution is 5.27. The molecule has 0 fully saturated rings. The van der Waals surface area contributed by atoms with E-state index in [1.54, 1.807) is 6.92 Å². The fraction of sp³-hybridized carbons (Fsp3) is 0.556. The summed E-state index contributed by atoms with van der Waals surface area (Å²) in [5.41, 5.74) is 4.04. The van der Waals surface area contributed by atoms with Crippen molar-refractivity contribution < 1.29 is 22.6 Å². The van der Waals surface area contributed by atoms with Crippen molar-refractivity contribution in [1.29, 1.82) is 0 Å². The molecule has 2 N–H and O–H groups in total. The van der Waals surface area contributed by atoms with Gasteiger partial charge in [-0.15, -0.1) is 0 Å². The van der Waals surface area contributed by atoms with Gasteiger partial charge in [-0.25, -0.2) is 4.98 Å². The number of hydrogen-bond acceptors (Lipinski definition) is 5. The maximum atomic E-state index is 12.4. The molecule has 17 heavy (non-hydrogen) atoms. The zero-order valence-corrected chi connectivity index (χ0v) is 9.28. The van der Waals surface area contributed by atoms with E-state index in [2.05, 4.69) is 9.97 Å². The molecule has 0 amide bonds. The molecule has 1 heterocycles. The summed E-state index contributed by atoms with van der Waals surface area (Å²) >= 11 is 0. The molecule has 1 atom stereocenters. The minimum atomic E-state index is -4.58. The number of alkyl halides is 3. The van der Waals surface area contributed by atoms with E-state index in [-0.39, 0.29) is 12.5 Å². The van der Waals surface area contributed by atoms with Crippen LogP contribution in [0.25, 0.3) is 0 Å². The van der Waals surface area contributed by atoms with Gasteiger partial charge in [-0.05, 0) is 6.92 Å². The van der Waals surface area contributed by atoms with Gasteiger partial charge in [0.2, 0.25) is 11.8 Å². The number of rotatable bonds is 4. The summed E-state index contributed by atoms with van der Waals surface area (Å²) in [5, 5.41) is 0. The molecule has 0 saturated carbocycles. The normalized spacial score (nSPS) is 13.5. The molecule has 1 unspecified atom stereocenters. The number of anilines is 1. The lowest BCUT2D eigenvalue weighted by atomic mass is 10.4. The van der Waals surface area contributed by atoms with Crippen molar-refractivity contribution in [3.8, 4) is 5.88 Å². The molecule has 0 aliphatic carbocycles. The van der Waals surface area contributed by atoms with Gasteiger partial charge in [0.25, 0.3) is 0 Å². The first-order valence-corrected chi connectivity index (χ1v) is 4.70. The van der Waals surface area contributed by atoms with Crippen LogP contribution in [0.2, 0.25) is 0 Å². The van der Waals surface area contributed by atoms with Crippen LogP contribution in [0.1, 0.15) is 12.6 Å². The van der Waals surface area contributed by atoms with E-state index < -0.39 is 23.9 Å². The van der Waals surface area contributed by atoms with E-state index in [1.165, 1.54) is 7.11 Å². The van der Waals surface area contributed by atoms with Crippen LogP contribution in [-0.2, 0) is 10.9 Å². The van der Waals surface area contributed by atoms with Gasteiger partial charge in [0, 0.05) is 13.2 Å². The van der Waals surface area contributed by atoms with Gasteiger partial charge in [-0.3, -0.25) is 0 Å². The average Bonchev–Trinajstić information content (AvgIpc) is 2.15. The van der Waals surface area contributed by atoms with Crippen LogP contribution in [0.5, 0.6) is 5.88 Å². The Hall–Kier alpha value is -1.57. The predicted octanol–water partition coefficient (Wildman–Crippen LogP) is 1.49. The van der Waals surface area contributed by atoms with E-state index >= 15 is 0 Å². The van der Waals surface area contributed by atoms with Crippen LogP contribution in [0.3, 0.4) is 0 Å². The standard InChI is InChI=1S/C9H12F3N3O2/c1-5(4-16-2)17-7-3-6(9(10,11)12)14-8(13)15-7/h3,5H,4H2,1-2H3,(H2,13,14,15). The molecule has 0 aliphatic rings. The number of halogens is 3. The zero-order valence-electron chi connectivity index (χ0n) is 9.28. The number of ether oxygens (including phenoxy) is 2. The van der Waals surface area contributed by atoms with Crippen molar-refractivity contribution in [2.24, 2.45) is 0 Å². The first-order chi connectivity index (χ1) is 7.82. The van der Waals surface area contributed by atoms with Crippen LogP contribution in [0, 0.1) is 0 Å². The Balaban J connectivity index is 2.90. The Morgan fingerprint density at radius 3 is 2.59 bits per heavy atom. The van der Waals surface area contributed by atoms with E-state index in [1.807, 2.05) is 0 Å². The van der Waals surface area contributed by atoms with Crippen molar-refractivity contribution >= 4 is 5.95 Å². The van der Waals surface area contributed by atoms with Crippen molar-refractivity contribution in [2.75, 3.05) is 19.5 Å². The summed E-state index contributed by atoms with van der Waals surface area (Å²) in [6, 6.07) is 0.697. The maximum absolute atomic E-state index is 12.4. The highest BCUT2D eigenvalue weighted by Crippen LogP contribution is 2.29. The SMILES string of the molecule is COCC(C)Oc1cc(C(F)(F)F)nc(N)n1. The summed E-state index contributed by atoms with van der Waals surface area (Å²) in [5.74, 6) is -0.714. The molecule has 0 radical (unpaired) electrons. The Labute approximate surface area is 95.8 Å². The Bertz CT molecular complexity index is 384. The van der Waals surface area contributed by atoms with E-state index in [0.717, 1.165) is 0 Å². The molecule has 1 aromatic heterocycles. The molecule has 0 saturated heterocycles. The molecular weight excluding hydrogens is 239 g/mol. The van der Waals surface area contributed by atoms with Gasteiger partial charge in [0.15, 0.2) is 5.69 Å². The Morgan fingerprint density at radius 1 is 1.41 bits per heavy atom. The average molecular weight is 251 g/mol. The lowest BCUT2D eigenvalue weighted by Gasteiger charge is -2.14. The smallest absolute Gasteiger partial charge is 0.433 e.